The van der Waals surface area contributed by atoms with E-state index in [2.05, 4.69) is 4.72 Å². The molecule has 0 aliphatic carbocycles. The number of sulfonamides is 1. The van der Waals surface area contributed by atoms with Crippen LogP contribution in [0, 0.1) is 0 Å². The number of benzene rings is 1. The predicted molar refractivity (Wildman–Crippen MR) is 76.5 cm³/mol. The Morgan fingerprint density at radius 3 is 2.70 bits per heavy atom. The van der Waals surface area contributed by atoms with E-state index in [4.69, 9.17) is 5.73 Å². The molecule has 0 bridgehead atoms. The van der Waals surface area contributed by atoms with Gasteiger partial charge in [0.2, 0.25) is 15.9 Å². The number of rotatable bonds is 5. The van der Waals surface area contributed by atoms with Crippen molar-refractivity contribution < 1.29 is 13.2 Å². The van der Waals surface area contributed by atoms with Gasteiger partial charge in [0.25, 0.3) is 0 Å². The standard InChI is InChI=1S/C13H19N3O3S/c1-10(9-16-8-4-7-13(16)17)15-20(18,19)12-6-3-2-5-11(12)14/h2-3,5-6,10,15H,4,7-9,14H2,1H3. The highest BCUT2D eigenvalue weighted by Crippen LogP contribution is 2.17. The topological polar surface area (TPSA) is 92.5 Å². The van der Waals surface area contributed by atoms with Crippen LogP contribution in [0.5, 0.6) is 0 Å². The molecular formula is C13H19N3O3S. The summed E-state index contributed by atoms with van der Waals surface area (Å²) in [5, 5.41) is 0. The van der Waals surface area contributed by atoms with Gasteiger partial charge in [0, 0.05) is 25.6 Å². The van der Waals surface area contributed by atoms with Gasteiger partial charge in [0.15, 0.2) is 0 Å². The lowest BCUT2D eigenvalue weighted by Gasteiger charge is -2.21. The number of amides is 1. The van der Waals surface area contributed by atoms with Gasteiger partial charge in [-0.1, -0.05) is 12.1 Å². The molecule has 0 spiro atoms. The van der Waals surface area contributed by atoms with Crippen LogP contribution in [0.2, 0.25) is 0 Å². The molecule has 3 N–H and O–H groups in total. The van der Waals surface area contributed by atoms with Gasteiger partial charge in [-0.3, -0.25) is 4.79 Å². The van der Waals surface area contributed by atoms with Crippen LogP contribution in [0.3, 0.4) is 0 Å². The van der Waals surface area contributed by atoms with E-state index in [0.29, 0.717) is 19.5 Å². The van der Waals surface area contributed by atoms with Crippen LogP contribution < -0.4 is 10.5 Å². The van der Waals surface area contributed by atoms with Gasteiger partial charge in [-0.25, -0.2) is 13.1 Å². The molecule has 0 saturated carbocycles. The van der Waals surface area contributed by atoms with Crippen molar-refractivity contribution in [2.75, 3.05) is 18.8 Å². The minimum atomic E-state index is -3.66. The molecule has 0 radical (unpaired) electrons. The minimum Gasteiger partial charge on any atom is -0.398 e. The highest BCUT2D eigenvalue weighted by atomic mass is 32.2. The van der Waals surface area contributed by atoms with Crippen LogP contribution in [0.25, 0.3) is 0 Å². The third kappa shape index (κ3) is 3.29. The second-order valence-corrected chi connectivity index (χ2v) is 6.69. The summed E-state index contributed by atoms with van der Waals surface area (Å²) in [6.45, 7) is 2.81. The van der Waals surface area contributed by atoms with Gasteiger partial charge in [0.05, 0.1) is 5.69 Å². The first-order valence-corrected chi connectivity index (χ1v) is 8.03. The lowest BCUT2D eigenvalue weighted by molar-refractivity contribution is -0.127. The lowest BCUT2D eigenvalue weighted by Crippen LogP contribution is -2.42. The second-order valence-electron chi connectivity index (χ2n) is 5.00. The molecular weight excluding hydrogens is 278 g/mol. The molecule has 1 heterocycles. The highest BCUT2D eigenvalue weighted by molar-refractivity contribution is 7.89. The molecule has 1 aromatic carbocycles. The van der Waals surface area contributed by atoms with E-state index < -0.39 is 10.0 Å². The van der Waals surface area contributed by atoms with Crippen molar-refractivity contribution in [3.8, 4) is 0 Å². The summed E-state index contributed by atoms with van der Waals surface area (Å²) in [7, 11) is -3.66. The Hall–Kier alpha value is -1.60. The first-order chi connectivity index (χ1) is 9.40. The van der Waals surface area contributed by atoms with Crippen LogP contribution in [-0.4, -0.2) is 38.4 Å². The summed E-state index contributed by atoms with van der Waals surface area (Å²) in [5.41, 5.74) is 5.90. The Kier molecular flexibility index (Phi) is 4.29. The van der Waals surface area contributed by atoms with Gasteiger partial charge in [-0.05, 0) is 25.5 Å². The molecule has 20 heavy (non-hydrogen) atoms. The molecule has 1 aliphatic heterocycles. The molecule has 1 atom stereocenters. The van der Waals surface area contributed by atoms with E-state index >= 15 is 0 Å². The number of likely N-dealkylation sites (tertiary alicyclic amines) is 1. The van der Waals surface area contributed by atoms with Gasteiger partial charge < -0.3 is 10.6 Å². The SMILES string of the molecule is CC(CN1CCCC1=O)NS(=O)(=O)c1ccccc1N. The average molecular weight is 297 g/mol. The Morgan fingerprint density at radius 1 is 1.40 bits per heavy atom. The van der Waals surface area contributed by atoms with Crippen molar-refractivity contribution >= 4 is 21.6 Å². The predicted octanol–water partition coefficient (Wildman–Crippen LogP) is 0.558. The molecule has 1 saturated heterocycles. The number of carbonyl (C=O) groups excluding carboxylic acids is 1. The summed E-state index contributed by atoms with van der Waals surface area (Å²) in [6, 6.07) is 5.95. The summed E-state index contributed by atoms with van der Waals surface area (Å²) in [4.78, 5) is 13.3. The molecule has 0 aromatic heterocycles. The molecule has 1 amide bonds. The van der Waals surface area contributed by atoms with Gasteiger partial charge in [-0.15, -0.1) is 0 Å². The quantitative estimate of drug-likeness (QED) is 0.777. The zero-order valence-corrected chi connectivity index (χ0v) is 12.2. The van der Waals surface area contributed by atoms with E-state index in [0.717, 1.165) is 6.42 Å². The van der Waals surface area contributed by atoms with E-state index in [-0.39, 0.29) is 22.5 Å². The van der Waals surface area contributed by atoms with Gasteiger partial charge >= 0.3 is 0 Å². The Morgan fingerprint density at radius 2 is 2.10 bits per heavy atom. The summed E-state index contributed by atoms with van der Waals surface area (Å²) >= 11 is 0. The largest absolute Gasteiger partial charge is 0.398 e. The highest BCUT2D eigenvalue weighted by Gasteiger charge is 2.25. The fraction of sp³-hybridized carbons (Fsp3) is 0.462. The van der Waals surface area contributed by atoms with Crippen LogP contribution >= 0.6 is 0 Å². The van der Waals surface area contributed by atoms with Crippen LogP contribution in [-0.2, 0) is 14.8 Å². The monoisotopic (exact) mass is 297 g/mol. The van der Waals surface area contributed by atoms with E-state index in [1.807, 2.05) is 0 Å². The number of hydrogen-bond acceptors (Lipinski definition) is 4. The molecule has 1 fully saturated rings. The molecule has 110 valence electrons. The number of nitrogens with two attached hydrogens (primary N) is 1. The maximum Gasteiger partial charge on any atom is 0.242 e. The van der Waals surface area contributed by atoms with Gasteiger partial charge in [0.1, 0.15) is 4.90 Å². The first kappa shape index (κ1) is 14.8. The van der Waals surface area contributed by atoms with Crippen LogP contribution in [0.15, 0.2) is 29.2 Å². The average Bonchev–Trinajstić information content (AvgIpc) is 2.74. The second kappa shape index (κ2) is 5.80. The Balaban J connectivity index is 2.05. The maximum atomic E-state index is 12.2. The third-order valence-electron chi connectivity index (χ3n) is 3.23. The van der Waals surface area contributed by atoms with Gasteiger partial charge in [-0.2, -0.15) is 0 Å². The number of para-hydroxylation sites is 1. The number of nitrogen functional groups attached to an aromatic ring is 1. The number of anilines is 1. The van der Waals surface area contributed by atoms with Crippen molar-refractivity contribution in [2.24, 2.45) is 0 Å². The molecule has 1 aromatic rings. The number of nitrogens with zero attached hydrogens (tertiary/aromatic N) is 1. The summed E-state index contributed by atoms with van der Waals surface area (Å²) in [5.74, 6) is 0.0790. The number of nitrogens with one attached hydrogen (secondary N) is 1. The van der Waals surface area contributed by atoms with E-state index in [1.165, 1.54) is 6.07 Å². The lowest BCUT2D eigenvalue weighted by atomic mass is 10.3. The molecule has 6 nitrogen and oxygen atoms in total. The van der Waals surface area contributed by atoms with Crippen molar-refractivity contribution in [1.29, 1.82) is 0 Å². The fourth-order valence-electron chi connectivity index (χ4n) is 2.32. The summed E-state index contributed by atoms with van der Waals surface area (Å²) in [6.07, 6.45) is 1.38. The summed E-state index contributed by atoms with van der Waals surface area (Å²) < 4.78 is 27.0. The van der Waals surface area contributed by atoms with E-state index in [9.17, 15) is 13.2 Å². The molecule has 7 heteroatoms. The van der Waals surface area contributed by atoms with Crippen molar-refractivity contribution in [3.63, 3.8) is 0 Å². The normalized spacial score (nSPS) is 17.4. The number of carbonyl (C=O) groups is 1. The fourth-order valence-corrected chi connectivity index (χ4v) is 3.69. The number of hydrogen-bond donors (Lipinski definition) is 2. The van der Waals surface area contributed by atoms with Crippen LogP contribution in [0.1, 0.15) is 19.8 Å². The third-order valence-corrected chi connectivity index (χ3v) is 4.89. The Bertz CT molecular complexity index is 601. The van der Waals surface area contributed by atoms with E-state index in [1.54, 1.807) is 30.0 Å². The molecule has 1 unspecified atom stereocenters. The zero-order chi connectivity index (χ0) is 14.8. The molecule has 2 rings (SSSR count). The zero-order valence-electron chi connectivity index (χ0n) is 11.4. The minimum absolute atomic E-state index is 0.0691. The van der Waals surface area contributed by atoms with Crippen molar-refractivity contribution in [1.82, 2.24) is 9.62 Å². The van der Waals surface area contributed by atoms with Crippen molar-refractivity contribution in [2.45, 2.75) is 30.7 Å². The smallest absolute Gasteiger partial charge is 0.242 e. The Labute approximate surface area is 119 Å². The van der Waals surface area contributed by atoms with Crippen LogP contribution in [0.4, 0.5) is 5.69 Å². The molecule has 1 aliphatic rings. The maximum absolute atomic E-state index is 12.2. The first-order valence-electron chi connectivity index (χ1n) is 6.55. The van der Waals surface area contributed by atoms with Crippen molar-refractivity contribution in [3.05, 3.63) is 24.3 Å².